The molecule has 0 radical (unpaired) electrons. The summed E-state index contributed by atoms with van der Waals surface area (Å²) in [7, 11) is 0. The Hall–Kier alpha value is -6.78. The molecule has 4 aromatic carbocycles. The normalized spacial score (nSPS) is 22.5. The number of aliphatic carboxylic acids is 1. The zero-order valence-corrected chi connectivity index (χ0v) is 36.2. The number of carbonyl (C=O) groups excluding carboxylic acids is 6. The maximum absolute atomic E-state index is 14.6. The molecule has 3 aliphatic rings. The van der Waals surface area contributed by atoms with Crippen LogP contribution >= 0.6 is 11.8 Å². The Kier molecular flexibility index (Phi) is 15.7. The second-order valence-corrected chi connectivity index (χ2v) is 17.6. The molecule has 6 atom stereocenters. The number of carboxylic acid groups (broad SMARTS) is 1. The first-order valence-corrected chi connectivity index (χ1v) is 21.9. The lowest BCUT2D eigenvalue weighted by atomic mass is 9.98. The lowest BCUT2D eigenvalue weighted by molar-refractivity contribution is -0.146. The number of benzene rings is 4. The molecule has 0 spiro atoms. The van der Waals surface area contributed by atoms with Gasteiger partial charge in [-0.1, -0.05) is 103 Å². The molecule has 6 amide bonds. The van der Waals surface area contributed by atoms with Crippen molar-refractivity contribution in [2.75, 3.05) is 5.32 Å². The molecule has 3 heterocycles. The summed E-state index contributed by atoms with van der Waals surface area (Å²) in [6.07, 6.45) is 0.0695. The molecule has 2 bridgehead atoms. The van der Waals surface area contributed by atoms with Crippen LogP contribution in [-0.4, -0.2) is 92.7 Å². The lowest BCUT2D eigenvalue weighted by Gasteiger charge is -2.28. The van der Waals surface area contributed by atoms with E-state index in [9.17, 15) is 43.8 Å². The van der Waals surface area contributed by atoms with Crippen molar-refractivity contribution < 1.29 is 43.8 Å². The number of fused-ring (bicyclic) bond motifs is 18. The predicted octanol–water partition coefficient (Wildman–Crippen LogP) is 3.41. The van der Waals surface area contributed by atoms with E-state index in [4.69, 9.17) is 0 Å². The van der Waals surface area contributed by atoms with Crippen LogP contribution in [0.25, 0.3) is 11.1 Å². The number of aliphatic hydroxyl groups excluding tert-OH is 1. The van der Waals surface area contributed by atoms with E-state index in [1.54, 1.807) is 42.5 Å². The molecule has 16 heteroatoms. The smallest absolute Gasteiger partial charge is 0.328 e. The number of allylic oxidation sites excluding steroid dienone is 1. The van der Waals surface area contributed by atoms with Gasteiger partial charge in [-0.2, -0.15) is 0 Å². The van der Waals surface area contributed by atoms with Gasteiger partial charge in [-0.05, 0) is 72.0 Å². The van der Waals surface area contributed by atoms with E-state index in [0.29, 0.717) is 23.1 Å². The molecule has 4 aromatic rings. The fourth-order valence-corrected chi connectivity index (χ4v) is 8.20. The third kappa shape index (κ3) is 13.1. The minimum absolute atomic E-state index is 0.0267. The number of hydrogen-bond donors (Lipinski definition) is 8. The Balaban J connectivity index is 1.38. The molecule has 15 nitrogen and oxygen atoms in total. The van der Waals surface area contributed by atoms with Crippen molar-refractivity contribution in [3.05, 3.63) is 137 Å². The number of amides is 6. The van der Waals surface area contributed by atoms with Crippen molar-refractivity contribution in [1.82, 2.24) is 26.6 Å². The minimum atomic E-state index is -1.79. The van der Waals surface area contributed by atoms with E-state index >= 15 is 0 Å². The third-order valence-corrected chi connectivity index (χ3v) is 12.0. The highest BCUT2D eigenvalue weighted by molar-refractivity contribution is 8.03. The zero-order valence-electron chi connectivity index (χ0n) is 35.4. The summed E-state index contributed by atoms with van der Waals surface area (Å²) >= 11 is 1.48. The summed E-state index contributed by atoms with van der Waals surface area (Å²) in [5, 5.41) is 38.5. The molecule has 0 aliphatic carbocycles. The van der Waals surface area contributed by atoms with E-state index in [1.807, 2.05) is 66.1 Å². The van der Waals surface area contributed by atoms with Gasteiger partial charge in [-0.15, -0.1) is 11.8 Å². The highest BCUT2D eigenvalue weighted by atomic mass is 32.2. The molecule has 0 fully saturated rings. The number of nitrogens with one attached hydrogen (secondary N) is 6. The maximum Gasteiger partial charge on any atom is 0.328 e. The van der Waals surface area contributed by atoms with Crippen molar-refractivity contribution >= 4 is 58.9 Å². The van der Waals surface area contributed by atoms with Gasteiger partial charge in [0.15, 0.2) is 0 Å². The Labute approximate surface area is 375 Å². The second kappa shape index (κ2) is 21.5. The zero-order chi connectivity index (χ0) is 45.8. The number of anilines is 1. The second-order valence-electron chi connectivity index (χ2n) is 16.4. The van der Waals surface area contributed by atoms with Crippen LogP contribution in [0.1, 0.15) is 49.8 Å². The van der Waals surface area contributed by atoms with E-state index in [2.05, 4.69) is 31.9 Å². The van der Waals surface area contributed by atoms with Crippen LogP contribution < -0.4 is 31.9 Å². The molecule has 0 saturated carbocycles. The highest BCUT2D eigenvalue weighted by Gasteiger charge is 2.36. The van der Waals surface area contributed by atoms with Crippen molar-refractivity contribution in [3.63, 3.8) is 0 Å². The van der Waals surface area contributed by atoms with Crippen LogP contribution in [0, 0.1) is 0 Å². The molecule has 1 unspecified atom stereocenters. The highest BCUT2D eigenvalue weighted by Crippen LogP contribution is 2.28. The van der Waals surface area contributed by atoms with Gasteiger partial charge < -0.3 is 42.1 Å². The number of carboxylic acids is 1. The topological polar surface area (TPSA) is 232 Å². The molecule has 334 valence electrons. The molecule has 3 aliphatic heterocycles. The van der Waals surface area contributed by atoms with Gasteiger partial charge in [0.2, 0.25) is 29.5 Å². The maximum atomic E-state index is 14.6. The number of carbonyl (C=O) groups is 7. The molecular weight excluding hydrogens is 837 g/mol. The number of aliphatic hydroxyl groups is 1. The minimum Gasteiger partial charge on any atom is -0.480 e. The monoisotopic (exact) mass is 888 g/mol. The Bertz CT molecular complexity index is 2330. The molecule has 0 aromatic heterocycles. The van der Waals surface area contributed by atoms with Gasteiger partial charge >= 0.3 is 5.97 Å². The van der Waals surface area contributed by atoms with Crippen molar-refractivity contribution in [1.29, 1.82) is 0 Å². The summed E-state index contributed by atoms with van der Waals surface area (Å²) in [5.74, 6) is -5.98. The fourth-order valence-electron chi connectivity index (χ4n) is 7.23. The molecular formula is C48H52N6O9S. The first-order chi connectivity index (χ1) is 30.6. The van der Waals surface area contributed by atoms with E-state index in [-0.39, 0.29) is 36.6 Å². The third-order valence-electron chi connectivity index (χ3n) is 10.9. The molecule has 64 heavy (non-hydrogen) atoms. The van der Waals surface area contributed by atoms with Crippen LogP contribution in [0.15, 0.2) is 121 Å². The Morgan fingerprint density at radius 3 is 1.83 bits per heavy atom. The van der Waals surface area contributed by atoms with Crippen molar-refractivity contribution in [3.8, 4) is 11.1 Å². The number of rotatable bonds is 10. The Morgan fingerprint density at radius 1 is 0.672 bits per heavy atom. The summed E-state index contributed by atoms with van der Waals surface area (Å²) in [4.78, 5) is 95.8. The van der Waals surface area contributed by atoms with Gasteiger partial charge in [0.05, 0.1) is 6.42 Å². The van der Waals surface area contributed by atoms with Crippen molar-refractivity contribution in [2.24, 2.45) is 0 Å². The fraction of sp³-hybridized carbons (Fsp3) is 0.312. The van der Waals surface area contributed by atoms with Gasteiger partial charge in [-0.3, -0.25) is 28.8 Å². The average molecular weight is 889 g/mol. The van der Waals surface area contributed by atoms with Crippen LogP contribution in [-0.2, 0) is 52.8 Å². The quantitative estimate of drug-likeness (QED) is 0.108. The standard InChI is InChI=1S/C48H52N6O9S/c1-48(2,47(62)63)54-45(60)38-26-31-17-21-34(22-18-31)49-46(61)40(55)28-41(56)50-39(27-35-14-9-23-64-35)44(59)52-37(25-30-15-19-33(20-16-30)32-12-7-4-8-13-32)42(57)51-36(43(58)53-38)24-29-10-5-3-6-11-29/h3-13,15-23,35-40,55H,14,24-28H2,1-2H3,(H,49,61)(H,50,56)(H,51,57)(H,52,59)(H,53,58)(H,54,60)(H,62,63)/t35?,36-,37+,38+,39-,40-/m1/s1. The summed E-state index contributed by atoms with van der Waals surface area (Å²) in [6, 6.07) is 27.0. The SMILES string of the molecule is CC(C)(NC(=O)[C@@H]1Cc2ccc(cc2)NC(=O)[C@H](O)CC(=O)N[C@H](CC2CC=CS2)C(=O)N[C@@H](Cc2ccc(-c3ccccc3)cc2)C(=O)N[C@H](Cc2ccccc2)C(=O)N1)C(=O)O. The summed E-state index contributed by atoms with van der Waals surface area (Å²) in [6.45, 7) is 2.60. The Morgan fingerprint density at radius 2 is 1.23 bits per heavy atom. The number of hydrogen-bond acceptors (Lipinski definition) is 9. The van der Waals surface area contributed by atoms with Gasteiger partial charge in [0.1, 0.15) is 35.8 Å². The molecule has 0 saturated heterocycles. The van der Waals surface area contributed by atoms with Crippen LogP contribution in [0.3, 0.4) is 0 Å². The average Bonchev–Trinajstić information content (AvgIpc) is 3.79. The van der Waals surface area contributed by atoms with Crippen LogP contribution in [0.5, 0.6) is 0 Å². The number of thioether (sulfide) groups is 1. The van der Waals surface area contributed by atoms with Crippen molar-refractivity contribution in [2.45, 2.75) is 93.4 Å². The molecule has 7 rings (SSSR count). The van der Waals surface area contributed by atoms with Gasteiger partial charge in [0, 0.05) is 30.2 Å². The van der Waals surface area contributed by atoms with Gasteiger partial charge in [0.25, 0.3) is 5.91 Å². The lowest BCUT2D eigenvalue weighted by Crippen LogP contribution is -2.61. The van der Waals surface area contributed by atoms with E-state index < -0.39 is 83.6 Å². The largest absolute Gasteiger partial charge is 0.480 e. The first kappa shape index (κ1) is 46.7. The molecule has 8 N–H and O–H groups in total. The van der Waals surface area contributed by atoms with E-state index in [1.165, 1.54) is 37.7 Å². The van der Waals surface area contributed by atoms with E-state index in [0.717, 1.165) is 11.1 Å². The summed E-state index contributed by atoms with van der Waals surface area (Å²) in [5.41, 5.74) is 2.28. The summed E-state index contributed by atoms with van der Waals surface area (Å²) < 4.78 is 0. The van der Waals surface area contributed by atoms with Crippen LogP contribution in [0.4, 0.5) is 5.69 Å². The predicted molar refractivity (Wildman–Crippen MR) is 242 cm³/mol. The van der Waals surface area contributed by atoms with Crippen LogP contribution in [0.2, 0.25) is 0 Å². The van der Waals surface area contributed by atoms with Gasteiger partial charge in [-0.25, -0.2) is 4.79 Å². The first-order valence-electron chi connectivity index (χ1n) is 21.0.